The maximum absolute atomic E-state index is 12.8. The molecule has 0 aliphatic carbocycles. The van der Waals surface area contributed by atoms with Gasteiger partial charge in [-0.25, -0.2) is 14.4 Å². The number of esters is 2. The summed E-state index contributed by atoms with van der Waals surface area (Å²) in [4.78, 5) is 49.1. The van der Waals surface area contributed by atoms with Gasteiger partial charge in [-0.05, 0) is 49.8 Å². The summed E-state index contributed by atoms with van der Waals surface area (Å²) in [6.07, 6.45) is 1.49. The van der Waals surface area contributed by atoms with Gasteiger partial charge in [-0.3, -0.25) is 9.69 Å². The number of furan rings is 1. The number of methoxy groups -OCH3 is 1. The van der Waals surface area contributed by atoms with Crippen molar-refractivity contribution in [1.29, 1.82) is 0 Å². The minimum atomic E-state index is -0.663. The van der Waals surface area contributed by atoms with Crippen LogP contribution in [0.3, 0.4) is 0 Å². The monoisotopic (exact) mass is 472 g/mol. The molecule has 1 aromatic carbocycles. The summed E-state index contributed by atoms with van der Waals surface area (Å²) in [5.74, 6) is -0.836. The average molecular weight is 472 g/mol. The van der Waals surface area contributed by atoms with Crippen LogP contribution in [0.4, 0.5) is 4.79 Å². The number of imide groups is 1. The summed E-state index contributed by atoms with van der Waals surface area (Å²) < 4.78 is 25.8. The van der Waals surface area contributed by atoms with Crippen molar-refractivity contribution >= 4 is 30.0 Å². The van der Waals surface area contributed by atoms with Crippen LogP contribution in [0.15, 0.2) is 40.4 Å². The molecule has 3 amide bonds. The van der Waals surface area contributed by atoms with Gasteiger partial charge in [-0.2, -0.15) is 0 Å². The summed E-state index contributed by atoms with van der Waals surface area (Å²) in [5.41, 5.74) is 0.607. The molecule has 11 nitrogen and oxygen atoms in total. The number of rotatable bonds is 10. The Morgan fingerprint density at radius 2 is 1.85 bits per heavy atom. The third-order valence-corrected chi connectivity index (χ3v) is 4.55. The minimum Gasteiger partial charge on any atom is -0.490 e. The molecule has 3 rings (SSSR count). The highest BCUT2D eigenvalue weighted by atomic mass is 16.6. The van der Waals surface area contributed by atoms with Gasteiger partial charge < -0.3 is 28.7 Å². The summed E-state index contributed by atoms with van der Waals surface area (Å²) in [7, 11) is 1.22. The van der Waals surface area contributed by atoms with Gasteiger partial charge in [0.05, 0.1) is 26.9 Å². The Hall–Kier alpha value is -4.28. The molecular formula is C23H24N2O9. The number of urea groups is 1. The van der Waals surface area contributed by atoms with Crippen molar-refractivity contribution < 1.29 is 42.5 Å². The summed E-state index contributed by atoms with van der Waals surface area (Å²) in [6.45, 7) is 3.64. The Balaban J connectivity index is 1.74. The van der Waals surface area contributed by atoms with E-state index in [1.165, 1.54) is 25.3 Å². The minimum absolute atomic E-state index is 0.0333. The van der Waals surface area contributed by atoms with E-state index >= 15 is 0 Å². The zero-order valence-electron chi connectivity index (χ0n) is 18.9. The molecule has 0 bridgehead atoms. The van der Waals surface area contributed by atoms with Crippen LogP contribution in [0.1, 0.15) is 35.7 Å². The second-order valence-electron chi connectivity index (χ2n) is 6.87. The number of carbonyl (C=O) groups is 4. The molecule has 1 fully saturated rings. The molecule has 1 aromatic heterocycles. The van der Waals surface area contributed by atoms with E-state index < -0.39 is 23.9 Å². The third kappa shape index (κ3) is 5.74. The zero-order valence-corrected chi connectivity index (χ0v) is 18.9. The van der Waals surface area contributed by atoms with E-state index in [2.05, 4.69) is 10.1 Å². The number of nitrogens with one attached hydrogen (secondary N) is 1. The van der Waals surface area contributed by atoms with Crippen LogP contribution in [0.5, 0.6) is 11.5 Å². The van der Waals surface area contributed by atoms with Crippen LogP contribution in [0, 0.1) is 0 Å². The predicted octanol–water partition coefficient (Wildman–Crippen LogP) is 2.50. The Bertz CT molecular complexity index is 1120. The summed E-state index contributed by atoms with van der Waals surface area (Å²) in [5, 5.41) is 2.52. The van der Waals surface area contributed by atoms with Gasteiger partial charge in [-0.15, -0.1) is 0 Å². The van der Waals surface area contributed by atoms with E-state index in [0.717, 1.165) is 4.90 Å². The van der Waals surface area contributed by atoms with Crippen LogP contribution >= 0.6 is 0 Å². The Morgan fingerprint density at radius 3 is 2.56 bits per heavy atom. The molecule has 1 saturated heterocycles. The first kappa shape index (κ1) is 24.4. The first-order valence-electron chi connectivity index (χ1n) is 10.4. The molecule has 1 aliphatic rings. The van der Waals surface area contributed by atoms with Crippen LogP contribution < -0.4 is 14.8 Å². The fraction of sp³-hybridized carbons (Fsp3) is 0.304. The maximum atomic E-state index is 12.8. The average Bonchev–Trinajstić information content (AvgIpc) is 3.39. The normalized spacial score (nSPS) is 14.2. The third-order valence-electron chi connectivity index (χ3n) is 4.55. The number of hydrogen-bond donors (Lipinski definition) is 1. The SMILES string of the molecule is CCOC(=O)COc1ccc(C=C2NC(=O)N(Cc3ccc(C(=O)OC)o3)C2=O)cc1OCC. The van der Waals surface area contributed by atoms with Crippen LogP contribution in [-0.4, -0.2) is 55.7 Å². The predicted molar refractivity (Wildman–Crippen MR) is 117 cm³/mol. The van der Waals surface area contributed by atoms with Gasteiger partial charge in [-0.1, -0.05) is 6.07 Å². The second kappa shape index (κ2) is 11.0. The fourth-order valence-electron chi connectivity index (χ4n) is 3.05. The second-order valence-corrected chi connectivity index (χ2v) is 6.87. The number of hydrogen-bond acceptors (Lipinski definition) is 9. The van der Waals surface area contributed by atoms with Crippen LogP contribution in [0.2, 0.25) is 0 Å². The first-order valence-corrected chi connectivity index (χ1v) is 10.4. The molecule has 1 aliphatic heterocycles. The van der Waals surface area contributed by atoms with Crippen molar-refractivity contribution in [3.63, 3.8) is 0 Å². The molecular weight excluding hydrogens is 448 g/mol. The van der Waals surface area contributed by atoms with E-state index in [1.807, 2.05) is 0 Å². The van der Waals surface area contributed by atoms with Crippen LogP contribution in [0.25, 0.3) is 6.08 Å². The number of amides is 3. The summed E-state index contributed by atoms with van der Waals surface area (Å²) >= 11 is 0. The van der Waals surface area contributed by atoms with Crippen molar-refractivity contribution in [2.45, 2.75) is 20.4 Å². The largest absolute Gasteiger partial charge is 0.490 e. The highest BCUT2D eigenvalue weighted by Crippen LogP contribution is 2.30. The van der Waals surface area contributed by atoms with E-state index in [0.29, 0.717) is 23.7 Å². The quantitative estimate of drug-likeness (QED) is 0.314. The molecule has 0 saturated carbocycles. The topological polar surface area (TPSA) is 134 Å². The number of carbonyl (C=O) groups excluding carboxylic acids is 4. The first-order chi connectivity index (χ1) is 16.4. The zero-order chi connectivity index (χ0) is 24.7. The lowest BCUT2D eigenvalue weighted by Gasteiger charge is -2.12. The lowest BCUT2D eigenvalue weighted by atomic mass is 10.1. The lowest BCUT2D eigenvalue weighted by molar-refractivity contribution is -0.145. The van der Waals surface area contributed by atoms with Gasteiger partial charge >= 0.3 is 18.0 Å². The molecule has 0 atom stereocenters. The van der Waals surface area contributed by atoms with Gasteiger partial charge in [0.25, 0.3) is 5.91 Å². The fourth-order valence-corrected chi connectivity index (χ4v) is 3.05. The van der Waals surface area contributed by atoms with Gasteiger partial charge in [0.1, 0.15) is 11.5 Å². The van der Waals surface area contributed by atoms with Crippen molar-refractivity contribution in [3.8, 4) is 11.5 Å². The van der Waals surface area contributed by atoms with E-state index in [-0.39, 0.29) is 37.0 Å². The highest BCUT2D eigenvalue weighted by Gasteiger charge is 2.34. The molecule has 2 heterocycles. The number of benzene rings is 1. The van der Waals surface area contributed by atoms with E-state index in [9.17, 15) is 19.2 Å². The summed E-state index contributed by atoms with van der Waals surface area (Å²) in [6, 6.07) is 7.11. The van der Waals surface area contributed by atoms with Crippen molar-refractivity contribution in [1.82, 2.24) is 10.2 Å². The molecule has 0 spiro atoms. The molecule has 0 unspecified atom stereocenters. The Kier molecular flexibility index (Phi) is 7.91. The molecule has 34 heavy (non-hydrogen) atoms. The number of nitrogens with zero attached hydrogens (tertiary/aromatic N) is 1. The molecule has 11 heteroatoms. The molecule has 2 aromatic rings. The number of ether oxygens (including phenoxy) is 4. The van der Waals surface area contributed by atoms with Crippen molar-refractivity contribution in [2.24, 2.45) is 0 Å². The molecule has 180 valence electrons. The Morgan fingerprint density at radius 1 is 1.06 bits per heavy atom. The van der Waals surface area contributed by atoms with Gasteiger partial charge in [0.2, 0.25) is 5.76 Å². The van der Waals surface area contributed by atoms with E-state index in [4.69, 9.17) is 18.6 Å². The van der Waals surface area contributed by atoms with E-state index in [1.54, 1.807) is 32.0 Å². The molecule has 1 N–H and O–H groups in total. The lowest BCUT2D eigenvalue weighted by Crippen LogP contribution is -2.30. The van der Waals surface area contributed by atoms with Crippen molar-refractivity contribution in [2.75, 3.05) is 26.9 Å². The Labute approximate surface area is 195 Å². The maximum Gasteiger partial charge on any atom is 0.373 e. The van der Waals surface area contributed by atoms with Gasteiger partial charge in [0.15, 0.2) is 18.1 Å². The smallest absolute Gasteiger partial charge is 0.373 e. The van der Waals surface area contributed by atoms with Gasteiger partial charge in [0, 0.05) is 0 Å². The van der Waals surface area contributed by atoms with Crippen LogP contribution in [-0.2, 0) is 25.6 Å². The standard InChI is InChI=1S/C23H24N2O9/c1-4-31-19-11-14(6-8-17(19)33-13-20(26)32-5-2)10-16-21(27)25(23(29)24-16)12-15-7-9-18(34-15)22(28)30-3/h6-11H,4-5,12-13H2,1-3H3,(H,24,29). The molecule has 0 radical (unpaired) electrons. The van der Waals surface area contributed by atoms with Crippen molar-refractivity contribution in [3.05, 3.63) is 53.1 Å². The highest BCUT2D eigenvalue weighted by molar-refractivity contribution is 6.13.